The van der Waals surface area contributed by atoms with E-state index < -0.39 is 5.97 Å². The third kappa shape index (κ3) is 2.94. The molecule has 10 heavy (non-hydrogen) atoms. The van der Waals surface area contributed by atoms with Crippen LogP contribution in [0.2, 0.25) is 0 Å². The van der Waals surface area contributed by atoms with E-state index >= 15 is 0 Å². The van der Waals surface area contributed by atoms with Crippen LogP contribution in [0.25, 0.3) is 0 Å². The van der Waals surface area contributed by atoms with Crippen LogP contribution in [0.3, 0.4) is 0 Å². The Morgan fingerprint density at radius 2 is 1.80 bits per heavy atom. The maximum atomic E-state index is 10.2. The van der Waals surface area contributed by atoms with Crippen molar-refractivity contribution in [3.63, 3.8) is 0 Å². The van der Waals surface area contributed by atoms with Crippen LogP contribution >= 0.6 is 0 Å². The Balaban J connectivity index is 0. The molecule has 1 N–H and O–H groups in total. The minimum Gasteiger partial charge on any atom is -1.00 e. The second-order valence-electron chi connectivity index (χ2n) is 1.67. The van der Waals surface area contributed by atoms with E-state index in [4.69, 9.17) is 5.11 Å². The summed E-state index contributed by atoms with van der Waals surface area (Å²) in [5, 5.41) is 8.38. The Morgan fingerprint density at radius 1 is 1.30 bits per heavy atom. The Hall–Kier alpha value is 0.326. The molecule has 0 saturated heterocycles. The number of carbonyl (C=O) groups is 1. The van der Waals surface area contributed by atoms with Crippen LogP contribution in [-0.2, 0) is 0 Å². The van der Waals surface area contributed by atoms with Gasteiger partial charge in [-0.2, -0.15) is 0 Å². The molecule has 1 aromatic rings. The number of hydrogen-bond acceptors (Lipinski definition) is 1. The summed E-state index contributed by atoms with van der Waals surface area (Å²) in [4.78, 5) is 10.2. The van der Waals surface area contributed by atoms with Crippen LogP contribution in [0.5, 0.6) is 0 Å². The molecule has 0 aliphatic rings. The summed E-state index contributed by atoms with van der Waals surface area (Å²) in [5.74, 6) is -0.879. The van der Waals surface area contributed by atoms with Gasteiger partial charge in [0, 0.05) is 0 Å². The van der Waals surface area contributed by atoms with Gasteiger partial charge in [0.05, 0.1) is 5.56 Å². The molecule has 0 bridgehead atoms. The summed E-state index contributed by atoms with van der Waals surface area (Å²) in [5.41, 5.74) is 0.331. The SMILES string of the molecule is O=C(O)c1ccccc1.[H-].[K+]. The van der Waals surface area contributed by atoms with Crippen LogP contribution in [0, 0.1) is 0 Å². The van der Waals surface area contributed by atoms with Gasteiger partial charge >= 0.3 is 57.4 Å². The fraction of sp³-hybridized carbons (Fsp3) is 0. The predicted octanol–water partition coefficient (Wildman–Crippen LogP) is -1.50. The van der Waals surface area contributed by atoms with Crippen molar-refractivity contribution in [2.24, 2.45) is 0 Å². The molecule has 0 unspecified atom stereocenters. The summed E-state index contributed by atoms with van der Waals surface area (Å²) in [7, 11) is 0. The number of carboxylic acid groups (broad SMARTS) is 1. The normalized spacial score (nSPS) is 8.00. The second kappa shape index (κ2) is 5.04. The molecular formula is C7H7KO2. The van der Waals surface area contributed by atoms with Gasteiger partial charge in [-0.1, -0.05) is 18.2 Å². The minimum atomic E-state index is -0.879. The molecule has 0 saturated carbocycles. The van der Waals surface area contributed by atoms with Crippen molar-refractivity contribution in [2.45, 2.75) is 0 Å². The number of aromatic carboxylic acids is 1. The number of rotatable bonds is 1. The summed E-state index contributed by atoms with van der Waals surface area (Å²) in [6, 6.07) is 8.30. The smallest absolute Gasteiger partial charge is 1.00 e. The summed E-state index contributed by atoms with van der Waals surface area (Å²) in [6.45, 7) is 0. The number of hydrogen-bond donors (Lipinski definition) is 1. The van der Waals surface area contributed by atoms with Gasteiger partial charge in [0.15, 0.2) is 0 Å². The van der Waals surface area contributed by atoms with Crippen molar-refractivity contribution < 1.29 is 62.7 Å². The molecule has 0 spiro atoms. The van der Waals surface area contributed by atoms with E-state index in [-0.39, 0.29) is 52.8 Å². The van der Waals surface area contributed by atoms with Gasteiger partial charge in [-0.25, -0.2) is 4.79 Å². The molecule has 1 aromatic carbocycles. The second-order valence-corrected chi connectivity index (χ2v) is 1.67. The average molecular weight is 162 g/mol. The summed E-state index contributed by atoms with van der Waals surface area (Å²) >= 11 is 0. The molecular weight excluding hydrogens is 155 g/mol. The Labute approximate surface area is 103 Å². The first kappa shape index (κ1) is 10.3. The molecule has 48 valence electrons. The van der Waals surface area contributed by atoms with E-state index in [2.05, 4.69) is 0 Å². The van der Waals surface area contributed by atoms with Gasteiger partial charge in [-0.15, -0.1) is 0 Å². The van der Waals surface area contributed by atoms with Crippen LogP contribution < -0.4 is 51.4 Å². The fourth-order valence-electron chi connectivity index (χ4n) is 0.581. The molecule has 0 amide bonds. The Bertz CT molecular complexity index is 213. The minimum absolute atomic E-state index is 0. The maximum absolute atomic E-state index is 10.2. The molecule has 0 fully saturated rings. The van der Waals surface area contributed by atoms with Crippen molar-refractivity contribution >= 4 is 5.97 Å². The maximum Gasteiger partial charge on any atom is 1.00 e. The van der Waals surface area contributed by atoms with E-state index in [0.717, 1.165) is 0 Å². The summed E-state index contributed by atoms with van der Waals surface area (Å²) < 4.78 is 0. The van der Waals surface area contributed by atoms with E-state index in [0.29, 0.717) is 5.56 Å². The molecule has 1 rings (SSSR count). The standard InChI is InChI=1S/C7H6O2.K.H/c8-7(9)6-4-2-1-3-5-6;;/h1-5H,(H,8,9);;/q;+1;-1. The molecule has 0 aliphatic heterocycles. The van der Waals surface area contributed by atoms with E-state index in [9.17, 15) is 4.79 Å². The molecule has 0 atom stereocenters. The Kier molecular flexibility index (Phi) is 5.20. The third-order valence-electron chi connectivity index (χ3n) is 1.02. The van der Waals surface area contributed by atoms with Gasteiger partial charge in [-0.05, 0) is 12.1 Å². The predicted molar refractivity (Wildman–Crippen MR) is 34.5 cm³/mol. The van der Waals surface area contributed by atoms with Crippen LogP contribution in [-0.4, -0.2) is 11.1 Å². The quantitative estimate of drug-likeness (QED) is 0.510. The van der Waals surface area contributed by atoms with Crippen molar-refractivity contribution in [1.82, 2.24) is 0 Å². The average Bonchev–Trinajstić information content (AvgIpc) is 1.90. The molecule has 0 aliphatic carbocycles. The van der Waals surface area contributed by atoms with Crippen molar-refractivity contribution in [1.29, 1.82) is 0 Å². The summed E-state index contributed by atoms with van der Waals surface area (Å²) in [6.07, 6.45) is 0. The first-order chi connectivity index (χ1) is 4.30. The number of carboxylic acids is 1. The molecule has 3 heteroatoms. The van der Waals surface area contributed by atoms with E-state index in [1.54, 1.807) is 30.3 Å². The first-order valence-corrected chi connectivity index (χ1v) is 2.59. The van der Waals surface area contributed by atoms with Gasteiger partial charge in [0.1, 0.15) is 0 Å². The van der Waals surface area contributed by atoms with Crippen LogP contribution in [0.1, 0.15) is 11.8 Å². The molecule has 0 aromatic heterocycles. The van der Waals surface area contributed by atoms with Crippen molar-refractivity contribution in [2.75, 3.05) is 0 Å². The first-order valence-electron chi connectivity index (χ1n) is 2.59. The molecule has 2 nitrogen and oxygen atoms in total. The van der Waals surface area contributed by atoms with Crippen molar-refractivity contribution in [3.05, 3.63) is 35.9 Å². The molecule has 0 heterocycles. The Morgan fingerprint density at radius 3 is 2.10 bits per heavy atom. The largest absolute Gasteiger partial charge is 1.00 e. The topological polar surface area (TPSA) is 37.3 Å². The zero-order valence-corrected chi connectivity index (χ0v) is 8.87. The van der Waals surface area contributed by atoms with Crippen LogP contribution in [0.4, 0.5) is 0 Å². The van der Waals surface area contributed by atoms with Gasteiger partial charge in [0.25, 0.3) is 0 Å². The zero-order chi connectivity index (χ0) is 6.69. The van der Waals surface area contributed by atoms with Gasteiger partial charge in [0.2, 0.25) is 0 Å². The van der Waals surface area contributed by atoms with E-state index in [1.165, 1.54) is 0 Å². The molecule has 0 radical (unpaired) electrons. The van der Waals surface area contributed by atoms with Gasteiger partial charge in [-0.3, -0.25) is 0 Å². The van der Waals surface area contributed by atoms with Gasteiger partial charge < -0.3 is 6.53 Å². The number of benzene rings is 1. The van der Waals surface area contributed by atoms with E-state index in [1.807, 2.05) is 0 Å². The zero-order valence-electron chi connectivity index (χ0n) is 6.74. The fourth-order valence-corrected chi connectivity index (χ4v) is 0.581. The van der Waals surface area contributed by atoms with Crippen LogP contribution in [0.15, 0.2) is 30.3 Å². The van der Waals surface area contributed by atoms with Crippen molar-refractivity contribution in [3.8, 4) is 0 Å². The monoisotopic (exact) mass is 162 g/mol. The third-order valence-corrected chi connectivity index (χ3v) is 1.02.